The van der Waals surface area contributed by atoms with Gasteiger partial charge in [-0.1, -0.05) is 36.4 Å². The number of halogens is 2. The molecule has 2 aromatic carbocycles. The summed E-state index contributed by atoms with van der Waals surface area (Å²) in [4.78, 5) is 14.5. The Morgan fingerprint density at radius 1 is 1.15 bits per heavy atom. The molecule has 0 bridgehead atoms. The van der Waals surface area contributed by atoms with Gasteiger partial charge >= 0.3 is 0 Å². The smallest absolute Gasteiger partial charge is 0.220 e. The van der Waals surface area contributed by atoms with Crippen molar-refractivity contribution in [2.24, 2.45) is 0 Å². The summed E-state index contributed by atoms with van der Waals surface area (Å²) in [6.45, 7) is 3.85. The fraction of sp³-hybridized carbons (Fsp3) is 0.350. The van der Waals surface area contributed by atoms with Crippen molar-refractivity contribution in [2.75, 3.05) is 23.7 Å². The first-order valence-electron chi connectivity index (χ1n) is 8.60. The molecule has 0 spiro atoms. The van der Waals surface area contributed by atoms with Crippen LogP contribution in [0.15, 0.2) is 48.5 Å². The molecule has 0 saturated heterocycles. The summed E-state index contributed by atoms with van der Waals surface area (Å²) in [6.07, 6.45) is 2.23. The number of nitrogens with two attached hydrogens (primary N) is 1. The van der Waals surface area contributed by atoms with Crippen LogP contribution in [-0.4, -0.2) is 25.0 Å². The molecule has 0 saturated carbocycles. The summed E-state index contributed by atoms with van der Waals surface area (Å²) in [6, 6.07) is 16.5. The number of nitrogens with one attached hydrogen (secondary N) is 1. The molecule has 1 aliphatic rings. The van der Waals surface area contributed by atoms with Gasteiger partial charge in [0, 0.05) is 36.9 Å². The summed E-state index contributed by atoms with van der Waals surface area (Å²) in [5.41, 5.74) is 10.4. The number of carbonyl (C=O) groups is 1. The van der Waals surface area contributed by atoms with E-state index in [4.69, 9.17) is 5.73 Å². The van der Waals surface area contributed by atoms with Crippen molar-refractivity contribution in [3.8, 4) is 0 Å². The summed E-state index contributed by atoms with van der Waals surface area (Å²) in [5.74, 6) is 0.0811. The third-order valence-electron chi connectivity index (χ3n) is 4.73. The van der Waals surface area contributed by atoms with Crippen LogP contribution in [0.3, 0.4) is 0 Å². The Morgan fingerprint density at radius 3 is 2.62 bits per heavy atom. The van der Waals surface area contributed by atoms with E-state index in [2.05, 4.69) is 41.4 Å². The maximum Gasteiger partial charge on any atom is 0.220 e. The largest absolute Gasteiger partial charge is 0.399 e. The molecule has 1 unspecified atom stereocenters. The summed E-state index contributed by atoms with van der Waals surface area (Å²) < 4.78 is 0. The van der Waals surface area contributed by atoms with Gasteiger partial charge in [0.2, 0.25) is 5.91 Å². The van der Waals surface area contributed by atoms with Gasteiger partial charge < -0.3 is 16.0 Å². The topological polar surface area (TPSA) is 58.4 Å². The first-order valence-corrected chi connectivity index (χ1v) is 8.60. The van der Waals surface area contributed by atoms with Crippen molar-refractivity contribution < 1.29 is 4.79 Å². The number of nitrogens with zero attached hydrogens (tertiary/aromatic N) is 1. The number of para-hydroxylation sites is 2. The van der Waals surface area contributed by atoms with Gasteiger partial charge in [0.15, 0.2) is 0 Å². The summed E-state index contributed by atoms with van der Waals surface area (Å²) >= 11 is 0. The first-order chi connectivity index (χ1) is 11.6. The average molecular weight is 396 g/mol. The third-order valence-corrected chi connectivity index (χ3v) is 4.73. The van der Waals surface area contributed by atoms with Crippen LogP contribution in [0.2, 0.25) is 0 Å². The van der Waals surface area contributed by atoms with Gasteiger partial charge in [0.1, 0.15) is 0 Å². The number of nitrogen functional groups attached to an aromatic ring is 1. The molecule has 4 nitrogen and oxygen atoms in total. The van der Waals surface area contributed by atoms with Crippen molar-refractivity contribution in [3.63, 3.8) is 0 Å². The predicted octanol–water partition coefficient (Wildman–Crippen LogP) is 3.61. The van der Waals surface area contributed by atoms with Gasteiger partial charge in [-0.2, -0.15) is 0 Å². The molecule has 6 heteroatoms. The Hall–Kier alpha value is -1.91. The molecule has 0 radical (unpaired) electrons. The van der Waals surface area contributed by atoms with Gasteiger partial charge in [0.05, 0.1) is 0 Å². The number of anilines is 2. The zero-order valence-electron chi connectivity index (χ0n) is 15.0. The molecule has 0 aliphatic carbocycles. The van der Waals surface area contributed by atoms with Crippen LogP contribution in [0.1, 0.15) is 24.5 Å². The Labute approximate surface area is 168 Å². The number of fused-ring (bicyclic) bond motifs is 1. The lowest BCUT2D eigenvalue weighted by Gasteiger charge is -2.27. The lowest BCUT2D eigenvalue weighted by atomic mass is 10.1. The fourth-order valence-electron chi connectivity index (χ4n) is 3.29. The Morgan fingerprint density at radius 2 is 1.85 bits per heavy atom. The first kappa shape index (κ1) is 22.1. The van der Waals surface area contributed by atoms with Gasteiger partial charge in [-0.25, -0.2) is 0 Å². The van der Waals surface area contributed by atoms with Gasteiger partial charge in [-0.05, 0) is 43.0 Å². The number of hydrogen-bond acceptors (Lipinski definition) is 3. The maximum atomic E-state index is 12.1. The Kier molecular flexibility index (Phi) is 8.76. The lowest BCUT2D eigenvalue weighted by molar-refractivity contribution is -0.121. The Balaban J connectivity index is 0.00000169. The molecular formula is C20H27Cl2N3O. The monoisotopic (exact) mass is 395 g/mol. The van der Waals surface area contributed by atoms with E-state index < -0.39 is 0 Å². The van der Waals surface area contributed by atoms with Crippen LogP contribution in [-0.2, 0) is 17.6 Å². The minimum atomic E-state index is 0. The molecule has 1 amide bonds. The highest BCUT2D eigenvalue weighted by Gasteiger charge is 2.22. The number of carbonyl (C=O) groups excluding carboxylic acids is 1. The number of aryl methyl sites for hydroxylation is 1. The van der Waals surface area contributed by atoms with Crippen LogP contribution in [0.4, 0.5) is 11.4 Å². The van der Waals surface area contributed by atoms with Crippen LogP contribution in [0.25, 0.3) is 0 Å². The molecule has 1 heterocycles. The molecule has 0 aromatic heterocycles. The van der Waals surface area contributed by atoms with Crippen molar-refractivity contribution in [3.05, 3.63) is 59.7 Å². The van der Waals surface area contributed by atoms with Crippen LogP contribution in [0.5, 0.6) is 0 Å². The molecule has 3 rings (SSSR count). The minimum Gasteiger partial charge on any atom is -0.399 e. The molecule has 0 fully saturated rings. The van der Waals surface area contributed by atoms with E-state index in [0.29, 0.717) is 25.4 Å². The molecule has 3 N–H and O–H groups in total. The van der Waals surface area contributed by atoms with Gasteiger partial charge in [-0.3, -0.25) is 4.79 Å². The normalized spacial score (nSPS) is 13.2. The van der Waals surface area contributed by atoms with Crippen molar-refractivity contribution in [2.45, 2.75) is 32.2 Å². The molecule has 26 heavy (non-hydrogen) atoms. The second kappa shape index (κ2) is 10.3. The SMILES string of the molecule is CC(CNC(=O)CCc1ccccc1N)N1CCc2ccccc21.Cl.Cl. The zero-order chi connectivity index (χ0) is 16.9. The zero-order valence-corrected chi connectivity index (χ0v) is 16.6. The fourth-order valence-corrected chi connectivity index (χ4v) is 3.29. The van der Waals surface area contributed by atoms with E-state index in [1.54, 1.807) is 0 Å². The van der Waals surface area contributed by atoms with Crippen LogP contribution < -0.4 is 16.0 Å². The number of rotatable bonds is 6. The van der Waals surface area contributed by atoms with E-state index in [1.807, 2.05) is 24.3 Å². The quantitative estimate of drug-likeness (QED) is 0.734. The van der Waals surface area contributed by atoms with Gasteiger partial charge in [0.25, 0.3) is 0 Å². The van der Waals surface area contributed by atoms with E-state index in [-0.39, 0.29) is 30.7 Å². The van der Waals surface area contributed by atoms with Crippen LogP contribution >= 0.6 is 24.8 Å². The molecule has 1 aliphatic heterocycles. The Bertz CT molecular complexity index is 724. The molecule has 1 atom stereocenters. The second-order valence-corrected chi connectivity index (χ2v) is 6.42. The van der Waals surface area contributed by atoms with E-state index in [9.17, 15) is 4.79 Å². The van der Waals surface area contributed by atoms with E-state index >= 15 is 0 Å². The van der Waals surface area contributed by atoms with E-state index in [0.717, 1.165) is 24.2 Å². The summed E-state index contributed by atoms with van der Waals surface area (Å²) in [7, 11) is 0. The molecule has 142 valence electrons. The lowest BCUT2D eigenvalue weighted by Crippen LogP contribution is -2.41. The van der Waals surface area contributed by atoms with Crippen molar-refractivity contribution >= 4 is 42.1 Å². The van der Waals surface area contributed by atoms with Crippen molar-refractivity contribution in [1.29, 1.82) is 0 Å². The summed E-state index contributed by atoms with van der Waals surface area (Å²) in [5, 5.41) is 3.06. The standard InChI is InChI=1S/C20H25N3O.2ClH/c1-15(23-13-12-17-7-3-5-9-19(17)23)14-22-20(24)11-10-16-6-2-4-8-18(16)21;;/h2-9,15H,10-14,21H2,1H3,(H,22,24);2*1H. The minimum absolute atomic E-state index is 0. The van der Waals surface area contributed by atoms with Crippen LogP contribution in [0, 0.1) is 0 Å². The average Bonchev–Trinajstić information content (AvgIpc) is 3.03. The second-order valence-electron chi connectivity index (χ2n) is 6.42. The van der Waals surface area contributed by atoms with Crippen molar-refractivity contribution in [1.82, 2.24) is 5.32 Å². The highest BCUT2D eigenvalue weighted by atomic mass is 35.5. The highest BCUT2D eigenvalue weighted by Crippen LogP contribution is 2.28. The predicted molar refractivity (Wildman–Crippen MR) is 114 cm³/mol. The molecule has 2 aromatic rings. The third kappa shape index (κ3) is 5.29. The van der Waals surface area contributed by atoms with Gasteiger partial charge in [-0.15, -0.1) is 24.8 Å². The van der Waals surface area contributed by atoms with E-state index in [1.165, 1.54) is 11.3 Å². The number of amides is 1. The number of benzene rings is 2. The molecular weight excluding hydrogens is 369 g/mol. The number of hydrogen-bond donors (Lipinski definition) is 2. The highest BCUT2D eigenvalue weighted by molar-refractivity contribution is 5.85. The maximum absolute atomic E-state index is 12.1.